The van der Waals surface area contributed by atoms with Crippen molar-refractivity contribution >= 4 is 41.7 Å². The molecular weight excluding hydrogens is 421 g/mol. The SMILES string of the molecule is CN=C(NCC(C)(C)SC)NC(C)Cc1c(C)nn(C)c1C.I. The molecule has 0 saturated carbocycles. The van der Waals surface area contributed by atoms with E-state index in [-0.39, 0.29) is 28.7 Å². The molecule has 0 aliphatic rings. The van der Waals surface area contributed by atoms with E-state index in [0.29, 0.717) is 6.04 Å². The molecule has 1 unspecified atom stereocenters. The third kappa shape index (κ3) is 6.91. The lowest BCUT2D eigenvalue weighted by Gasteiger charge is -2.25. The van der Waals surface area contributed by atoms with E-state index in [2.05, 4.69) is 61.6 Å². The second-order valence-electron chi connectivity index (χ2n) is 6.41. The number of nitrogens with one attached hydrogen (secondary N) is 2. The van der Waals surface area contributed by atoms with Crippen LogP contribution in [-0.2, 0) is 13.5 Å². The highest BCUT2D eigenvalue weighted by Crippen LogP contribution is 2.19. The number of halogens is 1. The smallest absolute Gasteiger partial charge is 0.191 e. The van der Waals surface area contributed by atoms with Crippen molar-refractivity contribution in [2.45, 2.75) is 51.8 Å². The first kappa shape index (κ1) is 22.6. The zero-order chi connectivity index (χ0) is 16.9. The molecular formula is C16H32IN5S. The number of guanidine groups is 1. The molecule has 0 spiro atoms. The molecule has 1 heterocycles. The summed E-state index contributed by atoms with van der Waals surface area (Å²) in [6, 6.07) is 0.296. The predicted molar refractivity (Wildman–Crippen MR) is 113 cm³/mol. The fraction of sp³-hybridized carbons (Fsp3) is 0.750. The summed E-state index contributed by atoms with van der Waals surface area (Å²) in [4.78, 5) is 4.32. The van der Waals surface area contributed by atoms with E-state index >= 15 is 0 Å². The molecule has 0 radical (unpaired) electrons. The molecule has 23 heavy (non-hydrogen) atoms. The van der Waals surface area contributed by atoms with Crippen LogP contribution in [0.4, 0.5) is 0 Å². The quantitative estimate of drug-likeness (QED) is 0.395. The van der Waals surface area contributed by atoms with Gasteiger partial charge in [0.05, 0.1) is 5.69 Å². The van der Waals surface area contributed by atoms with Gasteiger partial charge in [-0.3, -0.25) is 9.67 Å². The fourth-order valence-electron chi connectivity index (χ4n) is 2.27. The molecule has 1 rings (SSSR count). The summed E-state index contributed by atoms with van der Waals surface area (Å²) < 4.78 is 2.14. The molecule has 0 bridgehead atoms. The summed E-state index contributed by atoms with van der Waals surface area (Å²) in [5.41, 5.74) is 3.67. The van der Waals surface area contributed by atoms with Gasteiger partial charge in [0.15, 0.2) is 5.96 Å². The van der Waals surface area contributed by atoms with Crippen molar-refractivity contribution in [1.82, 2.24) is 20.4 Å². The van der Waals surface area contributed by atoms with Gasteiger partial charge in [0, 0.05) is 37.1 Å². The van der Waals surface area contributed by atoms with Gasteiger partial charge >= 0.3 is 0 Å². The van der Waals surface area contributed by atoms with Gasteiger partial charge < -0.3 is 10.6 Å². The van der Waals surface area contributed by atoms with E-state index in [1.807, 2.05) is 30.5 Å². The van der Waals surface area contributed by atoms with Crippen molar-refractivity contribution < 1.29 is 0 Å². The zero-order valence-corrected chi connectivity index (χ0v) is 18.8. The van der Waals surface area contributed by atoms with Crippen molar-refractivity contribution in [3.63, 3.8) is 0 Å². The average Bonchev–Trinajstić information content (AvgIpc) is 2.70. The van der Waals surface area contributed by atoms with Gasteiger partial charge in [-0.05, 0) is 52.9 Å². The van der Waals surface area contributed by atoms with Crippen LogP contribution >= 0.6 is 35.7 Å². The number of hydrogen-bond donors (Lipinski definition) is 2. The summed E-state index contributed by atoms with van der Waals surface area (Å²) in [5, 5.41) is 11.4. The fourth-order valence-corrected chi connectivity index (χ4v) is 2.48. The van der Waals surface area contributed by atoms with Crippen molar-refractivity contribution in [2.75, 3.05) is 19.8 Å². The Morgan fingerprint density at radius 2 is 2.00 bits per heavy atom. The molecule has 1 aromatic rings. The first-order chi connectivity index (χ1) is 10.2. The van der Waals surface area contributed by atoms with E-state index in [1.54, 1.807) is 0 Å². The molecule has 7 heteroatoms. The number of aryl methyl sites for hydroxylation is 2. The van der Waals surface area contributed by atoms with Crippen LogP contribution < -0.4 is 10.6 Å². The Hall–Kier alpha value is -0.440. The summed E-state index contributed by atoms with van der Waals surface area (Å²) in [7, 11) is 3.81. The van der Waals surface area contributed by atoms with Crippen LogP contribution in [0.5, 0.6) is 0 Å². The van der Waals surface area contributed by atoms with Gasteiger partial charge in [-0.1, -0.05) is 0 Å². The van der Waals surface area contributed by atoms with E-state index < -0.39 is 0 Å². The standard InChI is InChI=1S/C16H31N5S.HI/c1-11(9-14-12(2)20-21(7)13(14)3)19-15(17-6)18-10-16(4,5)22-8;/h11H,9-10H2,1-8H3,(H2,17,18,19);1H. The maximum Gasteiger partial charge on any atom is 0.191 e. The maximum atomic E-state index is 4.48. The minimum absolute atomic E-state index is 0. The maximum absolute atomic E-state index is 4.48. The molecule has 0 fully saturated rings. The molecule has 2 N–H and O–H groups in total. The number of hydrogen-bond acceptors (Lipinski definition) is 3. The van der Waals surface area contributed by atoms with E-state index in [1.165, 1.54) is 11.3 Å². The Balaban J connectivity index is 0.00000484. The molecule has 0 aliphatic heterocycles. The Morgan fingerprint density at radius 3 is 2.43 bits per heavy atom. The van der Waals surface area contributed by atoms with Gasteiger partial charge in [0.2, 0.25) is 0 Å². The highest BCUT2D eigenvalue weighted by atomic mass is 127. The molecule has 0 aromatic carbocycles. The number of thioether (sulfide) groups is 1. The van der Waals surface area contributed by atoms with E-state index in [4.69, 9.17) is 0 Å². The van der Waals surface area contributed by atoms with Crippen LogP contribution in [0.2, 0.25) is 0 Å². The lowest BCUT2D eigenvalue weighted by molar-refractivity contribution is 0.615. The summed E-state index contributed by atoms with van der Waals surface area (Å²) in [5.74, 6) is 0.855. The van der Waals surface area contributed by atoms with Crippen LogP contribution in [0.25, 0.3) is 0 Å². The molecule has 0 amide bonds. The van der Waals surface area contributed by atoms with Gasteiger partial charge in [-0.15, -0.1) is 24.0 Å². The van der Waals surface area contributed by atoms with Gasteiger partial charge in [0.1, 0.15) is 0 Å². The first-order valence-corrected chi connectivity index (χ1v) is 8.94. The third-order valence-corrected chi connectivity index (χ3v) is 5.26. The van der Waals surface area contributed by atoms with Crippen molar-refractivity contribution in [2.24, 2.45) is 12.0 Å². The van der Waals surface area contributed by atoms with E-state index in [9.17, 15) is 0 Å². The van der Waals surface area contributed by atoms with Crippen molar-refractivity contribution in [3.05, 3.63) is 17.0 Å². The van der Waals surface area contributed by atoms with Crippen LogP contribution in [0, 0.1) is 13.8 Å². The summed E-state index contributed by atoms with van der Waals surface area (Å²) >= 11 is 1.85. The predicted octanol–water partition coefficient (Wildman–Crippen LogP) is 2.89. The molecule has 0 aliphatic carbocycles. The lowest BCUT2D eigenvalue weighted by Crippen LogP contribution is -2.46. The number of nitrogens with zero attached hydrogens (tertiary/aromatic N) is 3. The highest BCUT2D eigenvalue weighted by molar-refractivity contribution is 14.0. The molecule has 1 aromatic heterocycles. The first-order valence-electron chi connectivity index (χ1n) is 7.71. The topological polar surface area (TPSA) is 54.2 Å². The Morgan fingerprint density at radius 1 is 1.39 bits per heavy atom. The van der Waals surface area contributed by atoms with E-state index in [0.717, 1.165) is 24.6 Å². The third-order valence-electron chi connectivity index (χ3n) is 4.01. The van der Waals surface area contributed by atoms with Crippen LogP contribution in [-0.4, -0.2) is 46.4 Å². The Bertz CT molecular complexity index is 525. The number of aliphatic imine (C=N–C) groups is 1. The second kappa shape index (κ2) is 9.76. The molecule has 1 atom stereocenters. The minimum Gasteiger partial charge on any atom is -0.355 e. The van der Waals surface area contributed by atoms with Crippen LogP contribution in [0.1, 0.15) is 37.7 Å². The molecule has 0 saturated heterocycles. The lowest BCUT2D eigenvalue weighted by atomic mass is 10.1. The van der Waals surface area contributed by atoms with Crippen LogP contribution in [0.3, 0.4) is 0 Å². The Kier molecular flexibility index (Phi) is 9.57. The Labute approximate surface area is 162 Å². The zero-order valence-electron chi connectivity index (χ0n) is 15.6. The van der Waals surface area contributed by atoms with Gasteiger partial charge in [0.25, 0.3) is 0 Å². The molecule has 134 valence electrons. The van der Waals surface area contributed by atoms with Crippen molar-refractivity contribution in [3.8, 4) is 0 Å². The number of aromatic nitrogens is 2. The minimum atomic E-state index is 0. The molecule has 5 nitrogen and oxygen atoms in total. The monoisotopic (exact) mass is 453 g/mol. The summed E-state index contributed by atoms with van der Waals surface area (Å²) in [6.07, 6.45) is 3.08. The van der Waals surface area contributed by atoms with Crippen LogP contribution in [0.15, 0.2) is 4.99 Å². The summed E-state index contributed by atoms with van der Waals surface area (Å²) in [6.45, 7) is 11.7. The normalized spacial score (nSPS) is 13.5. The second-order valence-corrected chi connectivity index (χ2v) is 7.93. The average molecular weight is 453 g/mol. The largest absolute Gasteiger partial charge is 0.355 e. The van der Waals surface area contributed by atoms with Crippen molar-refractivity contribution in [1.29, 1.82) is 0 Å². The van der Waals surface area contributed by atoms with Gasteiger partial charge in [-0.25, -0.2) is 0 Å². The van der Waals surface area contributed by atoms with Gasteiger partial charge in [-0.2, -0.15) is 16.9 Å². The highest BCUT2D eigenvalue weighted by Gasteiger charge is 2.18. The number of rotatable bonds is 6.